The zero-order valence-corrected chi connectivity index (χ0v) is 11.3. The first-order valence-electron chi connectivity index (χ1n) is 5.99. The third-order valence-electron chi connectivity index (χ3n) is 2.65. The summed E-state index contributed by atoms with van der Waals surface area (Å²) in [4.78, 5) is 0. The molecule has 98 valence electrons. The molecular formula is C12H21NO3S. The summed E-state index contributed by atoms with van der Waals surface area (Å²) in [5.41, 5.74) is 0. The highest BCUT2D eigenvalue weighted by atomic mass is 32.2. The van der Waals surface area contributed by atoms with E-state index in [1.807, 2.05) is 12.1 Å². The molecule has 1 aromatic rings. The van der Waals surface area contributed by atoms with Crippen LogP contribution in [0, 0.1) is 0 Å². The highest BCUT2D eigenvalue weighted by Crippen LogP contribution is 2.03. The summed E-state index contributed by atoms with van der Waals surface area (Å²) in [5, 5.41) is 3.29. The van der Waals surface area contributed by atoms with Crippen molar-refractivity contribution in [3.63, 3.8) is 0 Å². The predicted octanol–water partition coefficient (Wildman–Crippen LogP) is 1.62. The van der Waals surface area contributed by atoms with Gasteiger partial charge in [-0.1, -0.05) is 6.92 Å². The van der Waals surface area contributed by atoms with Gasteiger partial charge < -0.3 is 9.73 Å². The SMILES string of the molecule is CCS(=O)(=O)CCCNC(C)Cc1ccco1. The van der Waals surface area contributed by atoms with Gasteiger partial charge in [0.05, 0.1) is 12.0 Å². The maximum atomic E-state index is 11.3. The second-order valence-electron chi connectivity index (χ2n) is 4.23. The van der Waals surface area contributed by atoms with Gasteiger partial charge in [0.15, 0.2) is 0 Å². The summed E-state index contributed by atoms with van der Waals surface area (Å²) >= 11 is 0. The van der Waals surface area contributed by atoms with E-state index < -0.39 is 9.84 Å². The molecule has 0 amide bonds. The summed E-state index contributed by atoms with van der Waals surface area (Å²) in [7, 11) is -2.83. The zero-order chi connectivity index (χ0) is 12.7. The van der Waals surface area contributed by atoms with Gasteiger partial charge in [-0.2, -0.15) is 0 Å². The van der Waals surface area contributed by atoms with Crippen LogP contribution in [0.5, 0.6) is 0 Å². The van der Waals surface area contributed by atoms with E-state index in [1.165, 1.54) is 0 Å². The van der Waals surface area contributed by atoms with Crippen molar-refractivity contribution in [2.45, 2.75) is 32.7 Å². The van der Waals surface area contributed by atoms with E-state index in [2.05, 4.69) is 12.2 Å². The standard InChI is InChI=1S/C12H21NO3S/c1-3-17(14,15)9-5-7-13-11(2)10-12-6-4-8-16-12/h4,6,8,11,13H,3,5,7,9-10H2,1-2H3. The number of sulfone groups is 1. The predicted molar refractivity (Wildman–Crippen MR) is 68.8 cm³/mol. The van der Waals surface area contributed by atoms with E-state index in [0.29, 0.717) is 12.5 Å². The first-order chi connectivity index (χ1) is 8.03. The molecule has 0 aliphatic rings. The number of furan rings is 1. The Morgan fingerprint density at radius 3 is 2.82 bits per heavy atom. The Bertz CT molecular complexity index is 397. The quantitative estimate of drug-likeness (QED) is 0.721. The van der Waals surface area contributed by atoms with Gasteiger partial charge in [-0.3, -0.25) is 0 Å². The molecule has 1 heterocycles. The van der Waals surface area contributed by atoms with Crippen molar-refractivity contribution in [1.29, 1.82) is 0 Å². The largest absolute Gasteiger partial charge is 0.469 e. The maximum absolute atomic E-state index is 11.3. The number of nitrogens with one attached hydrogen (secondary N) is 1. The Balaban J connectivity index is 2.14. The molecule has 4 nitrogen and oxygen atoms in total. The van der Waals surface area contributed by atoms with Crippen molar-refractivity contribution >= 4 is 9.84 Å². The lowest BCUT2D eigenvalue weighted by molar-refractivity contribution is 0.457. The first kappa shape index (κ1) is 14.3. The molecule has 0 aliphatic carbocycles. The monoisotopic (exact) mass is 259 g/mol. The van der Waals surface area contributed by atoms with E-state index in [9.17, 15) is 8.42 Å². The molecule has 1 atom stereocenters. The Morgan fingerprint density at radius 1 is 1.47 bits per heavy atom. The minimum Gasteiger partial charge on any atom is -0.469 e. The molecule has 0 saturated heterocycles. The van der Waals surface area contributed by atoms with E-state index >= 15 is 0 Å². The maximum Gasteiger partial charge on any atom is 0.150 e. The minimum absolute atomic E-state index is 0.231. The molecule has 0 spiro atoms. The van der Waals surface area contributed by atoms with Crippen molar-refractivity contribution in [3.8, 4) is 0 Å². The minimum atomic E-state index is -2.83. The Hall–Kier alpha value is -0.810. The van der Waals surface area contributed by atoms with Crippen LogP contribution in [-0.2, 0) is 16.3 Å². The second kappa shape index (κ2) is 6.81. The Morgan fingerprint density at radius 2 is 2.24 bits per heavy atom. The highest BCUT2D eigenvalue weighted by molar-refractivity contribution is 7.91. The molecule has 17 heavy (non-hydrogen) atoms. The lowest BCUT2D eigenvalue weighted by Crippen LogP contribution is -2.30. The van der Waals surface area contributed by atoms with Crippen LogP contribution in [0.15, 0.2) is 22.8 Å². The smallest absolute Gasteiger partial charge is 0.150 e. The van der Waals surface area contributed by atoms with E-state index in [0.717, 1.165) is 18.7 Å². The summed E-state index contributed by atoms with van der Waals surface area (Å²) in [5.74, 6) is 1.45. The molecular weight excluding hydrogens is 238 g/mol. The highest BCUT2D eigenvalue weighted by Gasteiger charge is 2.08. The second-order valence-corrected chi connectivity index (χ2v) is 6.70. The van der Waals surface area contributed by atoms with E-state index in [4.69, 9.17) is 4.42 Å². The molecule has 5 heteroatoms. The van der Waals surface area contributed by atoms with Crippen molar-refractivity contribution < 1.29 is 12.8 Å². The van der Waals surface area contributed by atoms with Gasteiger partial charge >= 0.3 is 0 Å². The molecule has 1 N–H and O–H groups in total. The van der Waals surface area contributed by atoms with Crippen LogP contribution in [-0.4, -0.2) is 32.5 Å². The fourth-order valence-electron chi connectivity index (χ4n) is 1.59. The zero-order valence-electron chi connectivity index (χ0n) is 10.5. The van der Waals surface area contributed by atoms with Gasteiger partial charge in [0.2, 0.25) is 0 Å². The number of hydrogen-bond donors (Lipinski definition) is 1. The molecule has 0 radical (unpaired) electrons. The van der Waals surface area contributed by atoms with Crippen molar-refractivity contribution in [1.82, 2.24) is 5.32 Å². The fraction of sp³-hybridized carbons (Fsp3) is 0.667. The van der Waals surface area contributed by atoms with Gasteiger partial charge in [-0.15, -0.1) is 0 Å². The molecule has 1 unspecified atom stereocenters. The van der Waals surface area contributed by atoms with Crippen molar-refractivity contribution in [3.05, 3.63) is 24.2 Å². The Labute approximate surface area is 103 Å². The van der Waals surface area contributed by atoms with Crippen LogP contribution in [0.25, 0.3) is 0 Å². The summed E-state index contributed by atoms with van der Waals surface area (Å²) in [6.07, 6.45) is 3.15. The van der Waals surface area contributed by atoms with Crippen LogP contribution in [0.3, 0.4) is 0 Å². The third kappa shape index (κ3) is 5.89. The van der Waals surface area contributed by atoms with Crippen LogP contribution in [0.4, 0.5) is 0 Å². The van der Waals surface area contributed by atoms with Gasteiger partial charge in [-0.05, 0) is 32.0 Å². The Kier molecular flexibility index (Phi) is 5.71. The van der Waals surface area contributed by atoms with Crippen LogP contribution >= 0.6 is 0 Å². The first-order valence-corrected chi connectivity index (χ1v) is 7.82. The summed E-state index contributed by atoms with van der Waals surface area (Å²) in [6.45, 7) is 4.47. The average Bonchev–Trinajstić information content (AvgIpc) is 2.77. The van der Waals surface area contributed by atoms with Crippen molar-refractivity contribution in [2.24, 2.45) is 0 Å². The molecule has 0 saturated carbocycles. The van der Waals surface area contributed by atoms with Gasteiger partial charge in [0, 0.05) is 18.2 Å². The van der Waals surface area contributed by atoms with Gasteiger partial charge in [-0.25, -0.2) is 8.42 Å². The molecule has 0 aliphatic heterocycles. The topological polar surface area (TPSA) is 59.3 Å². The van der Waals surface area contributed by atoms with Gasteiger partial charge in [0.1, 0.15) is 15.6 Å². The lowest BCUT2D eigenvalue weighted by Gasteiger charge is -2.12. The molecule has 1 rings (SSSR count). The van der Waals surface area contributed by atoms with E-state index in [-0.39, 0.29) is 11.5 Å². The summed E-state index contributed by atoms with van der Waals surface area (Å²) in [6, 6.07) is 4.11. The third-order valence-corrected chi connectivity index (χ3v) is 4.44. The normalized spacial score (nSPS) is 13.8. The molecule has 0 aromatic carbocycles. The fourth-order valence-corrected chi connectivity index (χ4v) is 2.46. The molecule has 0 bridgehead atoms. The number of hydrogen-bond acceptors (Lipinski definition) is 4. The van der Waals surface area contributed by atoms with Gasteiger partial charge in [0.25, 0.3) is 0 Å². The summed E-state index contributed by atoms with van der Waals surface area (Å²) < 4.78 is 27.8. The van der Waals surface area contributed by atoms with Crippen LogP contribution in [0.1, 0.15) is 26.0 Å². The molecule has 1 aromatic heterocycles. The average molecular weight is 259 g/mol. The number of rotatable bonds is 8. The van der Waals surface area contributed by atoms with Crippen molar-refractivity contribution in [2.75, 3.05) is 18.1 Å². The lowest BCUT2D eigenvalue weighted by atomic mass is 10.2. The van der Waals surface area contributed by atoms with Crippen LogP contribution in [0.2, 0.25) is 0 Å². The van der Waals surface area contributed by atoms with E-state index in [1.54, 1.807) is 13.2 Å². The molecule has 0 fully saturated rings. The van der Waals surface area contributed by atoms with Crippen LogP contribution < -0.4 is 5.32 Å².